The van der Waals surface area contributed by atoms with E-state index in [0.29, 0.717) is 17.7 Å². The number of nitrogen functional groups attached to an aromatic ring is 2. The number of oxime groups is 1. The first-order valence-corrected chi connectivity index (χ1v) is 16.8. The summed E-state index contributed by atoms with van der Waals surface area (Å²) >= 11 is 2.07. The number of fused-ring (bicyclic) bond motifs is 2. The number of aromatic nitrogens is 4. The molecule has 8 N–H and O–H groups in total. The fraction of sp³-hybridized carbons (Fsp3) is 0.258. The number of aliphatic carboxylic acids is 2. The van der Waals surface area contributed by atoms with Crippen molar-refractivity contribution in [1.82, 2.24) is 24.1 Å². The quantitative estimate of drug-likeness (QED) is 0.0389. The predicted octanol–water partition coefficient (Wildman–Crippen LogP) is 0.718. The smallest absolute Gasteiger partial charge is 0.352 e. The van der Waals surface area contributed by atoms with Crippen LogP contribution < -0.4 is 21.4 Å². The maximum absolute atomic E-state index is 13.4. The number of carbonyl (C=O) groups excluding carboxylic acids is 2. The zero-order valence-corrected chi connectivity index (χ0v) is 28.2. The highest BCUT2D eigenvalue weighted by Gasteiger charge is 2.55. The largest absolute Gasteiger partial charge is 0.478 e. The lowest BCUT2D eigenvalue weighted by molar-refractivity contribution is -0.687. The molecule has 0 unspecified atom stereocenters. The Balaban J connectivity index is 1.18. The first kappa shape index (κ1) is 34.1. The van der Waals surface area contributed by atoms with Crippen LogP contribution in [0.5, 0.6) is 0 Å². The number of amides is 2. The van der Waals surface area contributed by atoms with E-state index in [0.717, 1.165) is 32.9 Å². The molecule has 5 heterocycles. The normalized spacial score (nSPS) is 17.7. The second-order valence-corrected chi connectivity index (χ2v) is 13.8. The summed E-state index contributed by atoms with van der Waals surface area (Å²) in [5, 5.41) is 33.6. The number of amidine groups is 1. The van der Waals surface area contributed by atoms with Crippen LogP contribution in [0.4, 0.5) is 5.13 Å². The number of hydrogen-bond acceptors (Lipinski definition) is 12. The van der Waals surface area contributed by atoms with Gasteiger partial charge in [0.2, 0.25) is 17.1 Å². The lowest BCUT2D eigenvalue weighted by atomic mass is 10.0. The van der Waals surface area contributed by atoms with Gasteiger partial charge in [0.15, 0.2) is 24.1 Å². The molecule has 2 aliphatic rings. The Morgan fingerprint density at radius 1 is 1.20 bits per heavy atom. The van der Waals surface area contributed by atoms with Gasteiger partial charge in [0.25, 0.3) is 11.8 Å². The van der Waals surface area contributed by atoms with E-state index in [1.165, 1.54) is 25.6 Å². The number of nitrogens with zero attached hydrogens (tertiary/aromatic N) is 6. The van der Waals surface area contributed by atoms with E-state index < -0.39 is 46.5 Å². The number of carbonyl (C=O) groups is 4. The summed E-state index contributed by atoms with van der Waals surface area (Å²) < 4.78 is 7.88. The molecule has 2 aliphatic heterocycles. The molecule has 17 nitrogen and oxygen atoms in total. The fourth-order valence-corrected chi connectivity index (χ4v) is 7.13. The van der Waals surface area contributed by atoms with Crippen LogP contribution in [0, 0.1) is 5.41 Å². The number of carboxylic acids is 2. The molecular formula is C31H31N10O7S2+. The number of rotatable bonds is 12. The molecule has 0 radical (unpaired) electrons. The summed E-state index contributed by atoms with van der Waals surface area (Å²) in [6.45, 7) is 3.26. The van der Waals surface area contributed by atoms with E-state index >= 15 is 0 Å². The predicted molar refractivity (Wildman–Crippen MR) is 182 cm³/mol. The summed E-state index contributed by atoms with van der Waals surface area (Å²) in [6.07, 6.45) is 5.71. The molecule has 19 heteroatoms. The zero-order valence-electron chi connectivity index (χ0n) is 26.6. The number of hydrogen-bond donors (Lipinski definition) is 6. The highest BCUT2D eigenvalue weighted by molar-refractivity contribution is 8.00. The minimum absolute atomic E-state index is 0.00682. The first-order chi connectivity index (χ1) is 23.7. The van der Waals surface area contributed by atoms with E-state index in [1.807, 2.05) is 47.4 Å². The van der Waals surface area contributed by atoms with Crippen LogP contribution >= 0.6 is 23.3 Å². The van der Waals surface area contributed by atoms with Crippen molar-refractivity contribution in [3.8, 4) is 0 Å². The van der Waals surface area contributed by atoms with Crippen LogP contribution in [0.15, 0.2) is 71.4 Å². The molecule has 2 atom stereocenters. The van der Waals surface area contributed by atoms with Crippen molar-refractivity contribution in [1.29, 1.82) is 5.41 Å². The molecule has 1 saturated heterocycles. The van der Waals surface area contributed by atoms with Crippen molar-refractivity contribution < 1.29 is 38.8 Å². The second-order valence-electron chi connectivity index (χ2n) is 11.9. The molecule has 1 aromatic carbocycles. The monoisotopic (exact) mass is 719 g/mol. The number of anilines is 1. The summed E-state index contributed by atoms with van der Waals surface area (Å²) in [6, 6.07) is 10.2. The van der Waals surface area contributed by atoms with Gasteiger partial charge >= 0.3 is 11.9 Å². The Morgan fingerprint density at radius 3 is 2.58 bits per heavy atom. The number of carboxylic acid groups (broad SMARTS) is 2. The zero-order chi connectivity index (χ0) is 35.9. The number of nitrogens with two attached hydrogens (primary N) is 2. The van der Waals surface area contributed by atoms with E-state index in [-0.39, 0.29) is 34.8 Å². The van der Waals surface area contributed by atoms with Crippen LogP contribution in [-0.4, -0.2) is 87.1 Å². The number of pyridine rings is 1. The van der Waals surface area contributed by atoms with Crippen LogP contribution in [0.3, 0.4) is 0 Å². The maximum atomic E-state index is 13.4. The minimum Gasteiger partial charge on any atom is -0.478 e. The SMILES string of the molecule is CC(C)(ON=C(C(=O)N[C@@H]1C(=O)N2C(C(=O)O)=C(C[n+]3ccc4c(ccn4Cc4ccc(C(=N)N)cc4)c3)CS[C@H]12)c1nsc(N)n1)C(=O)O. The van der Waals surface area contributed by atoms with Crippen molar-refractivity contribution in [2.45, 2.75) is 44.0 Å². The van der Waals surface area contributed by atoms with Gasteiger partial charge in [-0.25, -0.2) is 14.2 Å². The molecule has 258 valence electrons. The van der Waals surface area contributed by atoms with Gasteiger partial charge in [0.05, 0.1) is 10.9 Å². The molecule has 0 spiro atoms. The van der Waals surface area contributed by atoms with E-state index in [4.69, 9.17) is 21.7 Å². The van der Waals surface area contributed by atoms with Gasteiger partial charge in [-0.1, -0.05) is 29.4 Å². The number of benzene rings is 1. The number of thioether (sulfide) groups is 1. The standard InChI is InChI=1S/C31H30N10O7S2/c1-31(2,29(46)47)48-37-20(24-36-30(34)50-38-24)25(42)35-21-26(43)41-22(28(44)45)18(14-49-27(21)41)13-39-9-8-19-17(12-39)7-10-40(19)11-15-3-5-16(6-4-15)23(32)33/h3-10,12,21,27H,11,13-14H2,1-2H3,(H7-,32,33,34,35,36,38,42,44,45,46,47)/p+1/t21-,27-/m1/s1. The van der Waals surface area contributed by atoms with Crippen molar-refractivity contribution in [2.24, 2.45) is 10.9 Å². The third kappa shape index (κ3) is 6.59. The topological polar surface area (TPSA) is 256 Å². The van der Waals surface area contributed by atoms with Gasteiger partial charge in [-0.3, -0.25) is 19.9 Å². The molecule has 0 bridgehead atoms. The summed E-state index contributed by atoms with van der Waals surface area (Å²) in [5.41, 5.74) is 11.9. The van der Waals surface area contributed by atoms with Crippen LogP contribution in [-0.2, 0) is 37.1 Å². The Kier molecular flexibility index (Phi) is 9.02. The Morgan fingerprint density at radius 2 is 1.94 bits per heavy atom. The average Bonchev–Trinajstić information content (AvgIpc) is 3.68. The van der Waals surface area contributed by atoms with E-state index in [2.05, 4.69) is 24.4 Å². The molecule has 1 fully saturated rings. The third-order valence-corrected chi connectivity index (χ3v) is 9.93. The van der Waals surface area contributed by atoms with Crippen molar-refractivity contribution in [3.05, 3.63) is 83.2 Å². The van der Waals surface area contributed by atoms with Gasteiger partial charge in [-0.05, 0) is 25.5 Å². The highest BCUT2D eigenvalue weighted by Crippen LogP contribution is 2.40. The van der Waals surface area contributed by atoms with Gasteiger partial charge < -0.3 is 36.4 Å². The molecule has 6 rings (SSSR count). The molecule has 0 saturated carbocycles. The fourth-order valence-electron chi connectivity index (χ4n) is 5.36. The first-order valence-electron chi connectivity index (χ1n) is 14.9. The molecular weight excluding hydrogens is 689 g/mol. The van der Waals surface area contributed by atoms with Gasteiger partial charge in [-0.15, -0.1) is 11.8 Å². The van der Waals surface area contributed by atoms with Crippen molar-refractivity contribution in [3.63, 3.8) is 0 Å². The lowest BCUT2D eigenvalue weighted by Crippen LogP contribution is -2.71. The summed E-state index contributed by atoms with van der Waals surface area (Å²) in [4.78, 5) is 60.9. The third-order valence-electron chi connectivity index (χ3n) is 8.04. The summed E-state index contributed by atoms with van der Waals surface area (Å²) in [7, 11) is 0. The Bertz CT molecular complexity index is 2120. The van der Waals surface area contributed by atoms with E-state index in [1.54, 1.807) is 12.1 Å². The lowest BCUT2D eigenvalue weighted by Gasteiger charge is -2.49. The maximum Gasteiger partial charge on any atom is 0.352 e. The van der Waals surface area contributed by atoms with Crippen LogP contribution in [0.25, 0.3) is 10.9 Å². The Labute approximate surface area is 291 Å². The Hall–Kier alpha value is -5.82. The average molecular weight is 720 g/mol. The molecule has 2 amide bonds. The van der Waals surface area contributed by atoms with Gasteiger partial charge in [0, 0.05) is 47.2 Å². The molecule has 3 aromatic heterocycles. The second kappa shape index (κ2) is 13.2. The highest BCUT2D eigenvalue weighted by atomic mass is 32.2. The number of β-lactam (4-membered cyclic amide) rings is 1. The van der Waals surface area contributed by atoms with Crippen molar-refractivity contribution >= 4 is 74.6 Å². The number of nitrogens with one attached hydrogen (secondary N) is 2. The van der Waals surface area contributed by atoms with Crippen LogP contribution in [0.2, 0.25) is 0 Å². The van der Waals surface area contributed by atoms with Gasteiger partial charge in [0.1, 0.15) is 22.9 Å². The molecule has 50 heavy (non-hydrogen) atoms. The van der Waals surface area contributed by atoms with Crippen molar-refractivity contribution in [2.75, 3.05) is 11.5 Å². The van der Waals surface area contributed by atoms with Gasteiger partial charge in [-0.2, -0.15) is 9.36 Å². The molecule has 4 aromatic rings. The molecule has 0 aliphatic carbocycles. The minimum atomic E-state index is -1.80. The van der Waals surface area contributed by atoms with Crippen LogP contribution in [0.1, 0.15) is 30.8 Å². The summed E-state index contributed by atoms with van der Waals surface area (Å²) in [5.74, 6) is -4.15. The van der Waals surface area contributed by atoms with E-state index in [9.17, 15) is 29.4 Å².